The first kappa shape index (κ1) is 36.6. The number of methoxy groups -OCH3 is 2. The number of quaternary nitrogens is 1. The van der Waals surface area contributed by atoms with Crippen LogP contribution in [0.3, 0.4) is 0 Å². The third kappa shape index (κ3) is 7.70. The highest BCUT2D eigenvalue weighted by Crippen LogP contribution is 2.32. The Balaban J connectivity index is 1.10. The second-order valence-electron chi connectivity index (χ2n) is 13.7. The van der Waals surface area contributed by atoms with Crippen LogP contribution in [0.25, 0.3) is 16.9 Å². The molecule has 2 aromatic carbocycles. The molecule has 0 bridgehead atoms. The van der Waals surface area contributed by atoms with E-state index < -0.39 is 29.6 Å². The summed E-state index contributed by atoms with van der Waals surface area (Å²) in [7, 11) is 4.76. The molecule has 15 heteroatoms. The summed E-state index contributed by atoms with van der Waals surface area (Å²) >= 11 is 0. The maximum Gasteiger partial charge on any atom is 0.330 e. The molecule has 6 rings (SSSR count). The standard InChI is InChI=1S/C37H44F2N8O5/c1-5-23-16-25(44-33-34-42-20-29(46(34)13-12-41-33)27-8-9-30(51-3)32(39)31(27)38)6-7-26(23)36(49)43-19-28(37(50)52-4)45-35(48)24-10-14-47(2,15-11-24)21-22-17-40-18-22/h6-9,12-13,16,20,22,24,28,40H,5,10-11,14-15,17-19,21H2,1-4H3,(H2-,41,43,44,45,48,49)/p+1/t24?,28-,47?/m0/s1. The second-order valence-corrected chi connectivity index (χ2v) is 13.7. The summed E-state index contributed by atoms with van der Waals surface area (Å²) in [5.41, 5.74) is 2.44. The fraction of sp³-hybridized carbons (Fsp3) is 0.432. The van der Waals surface area contributed by atoms with Crippen molar-refractivity contribution in [2.24, 2.45) is 11.8 Å². The van der Waals surface area contributed by atoms with Crippen molar-refractivity contribution in [1.82, 2.24) is 30.3 Å². The van der Waals surface area contributed by atoms with Gasteiger partial charge in [0.2, 0.25) is 11.7 Å². The Labute approximate surface area is 300 Å². The van der Waals surface area contributed by atoms with Crippen LogP contribution in [0.4, 0.5) is 20.3 Å². The zero-order valence-electron chi connectivity index (χ0n) is 29.8. The molecule has 0 spiro atoms. The molecular formula is C37H45F2N8O5+. The molecule has 0 aliphatic carbocycles. The van der Waals surface area contributed by atoms with Crippen molar-refractivity contribution in [3.8, 4) is 17.0 Å². The minimum atomic E-state index is -1.09. The molecule has 2 amide bonds. The van der Waals surface area contributed by atoms with Crippen molar-refractivity contribution in [3.05, 3.63) is 71.7 Å². The van der Waals surface area contributed by atoms with E-state index in [0.717, 1.165) is 50.0 Å². The first-order chi connectivity index (χ1) is 25.0. The van der Waals surface area contributed by atoms with Crippen molar-refractivity contribution in [1.29, 1.82) is 0 Å². The Hall–Kier alpha value is -5.15. The maximum absolute atomic E-state index is 14.9. The van der Waals surface area contributed by atoms with Gasteiger partial charge in [0.1, 0.15) is 6.04 Å². The molecular weight excluding hydrogens is 674 g/mol. The van der Waals surface area contributed by atoms with Gasteiger partial charge in [-0.1, -0.05) is 6.92 Å². The molecule has 13 nitrogen and oxygen atoms in total. The number of carbonyl (C=O) groups excluding carboxylic acids is 3. The zero-order chi connectivity index (χ0) is 37.0. The monoisotopic (exact) mass is 719 g/mol. The summed E-state index contributed by atoms with van der Waals surface area (Å²) in [6.45, 7) is 6.78. The van der Waals surface area contributed by atoms with Gasteiger partial charge < -0.3 is 35.2 Å². The van der Waals surface area contributed by atoms with E-state index in [1.54, 1.807) is 28.8 Å². The van der Waals surface area contributed by atoms with E-state index in [1.807, 2.05) is 6.92 Å². The largest absolute Gasteiger partial charge is 0.494 e. The molecule has 52 heavy (non-hydrogen) atoms. The summed E-state index contributed by atoms with van der Waals surface area (Å²) in [5.74, 6) is -2.78. The number of hydrogen-bond donors (Lipinski definition) is 4. The lowest BCUT2D eigenvalue weighted by molar-refractivity contribution is -0.918. The fourth-order valence-electron chi connectivity index (χ4n) is 7.07. The molecule has 0 radical (unpaired) electrons. The van der Waals surface area contributed by atoms with Crippen LogP contribution in [0.15, 0.2) is 48.9 Å². The van der Waals surface area contributed by atoms with Crippen LogP contribution in [0.5, 0.6) is 5.75 Å². The third-order valence-corrected chi connectivity index (χ3v) is 10.2. The Bertz CT molecular complexity index is 1960. The number of amides is 2. The Kier molecular flexibility index (Phi) is 11.0. The number of halogens is 2. The van der Waals surface area contributed by atoms with Gasteiger partial charge in [0.15, 0.2) is 23.0 Å². The van der Waals surface area contributed by atoms with Crippen LogP contribution in [-0.4, -0.2) is 103 Å². The average Bonchev–Trinajstić information content (AvgIpc) is 3.57. The lowest BCUT2D eigenvalue weighted by Gasteiger charge is -2.44. The van der Waals surface area contributed by atoms with Crippen LogP contribution >= 0.6 is 0 Å². The number of carbonyl (C=O) groups is 3. The average molecular weight is 720 g/mol. The Morgan fingerprint density at radius 2 is 1.85 bits per heavy atom. The molecule has 2 aliphatic rings. The van der Waals surface area contributed by atoms with Crippen molar-refractivity contribution in [2.75, 3.05) is 65.9 Å². The SMILES string of the molecule is CCc1cc(Nc2nccn3c(-c4ccc(OC)c(F)c4F)cnc23)ccc1C(=O)NC[C@H](NC(=O)C1CC[N+](C)(CC2CNC2)CC1)C(=O)OC. The minimum Gasteiger partial charge on any atom is -0.494 e. The number of fused-ring (bicyclic) bond motifs is 1. The quantitative estimate of drug-likeness (QED) is 0.121. The summed E-state index contributed by atoms with van der Waals surface area (Å²) in [4.78, 5) is 48.1. The lowest BCUT2D eigenvalue weighted by atomic mass is 9.92. The summed E-state index contributed by atoms with van der Waals surface area (Å²) in [6, 6.07) is 6.91. The summed E-state index contributed by atoms with van der Waals surface area (Å²) in [6.07, 6.45) is 6.51. The predicted octanol–water partition coefficient (Wildman–Crippen LogP) is 3.45. The number of anilines is 2. The zero-order valence-corrected chi connectivity index (χ0v) is 29.8. The number of hydrogen-bond acceptors (Lipinski definition) is 9. The van der Waals surface area contributed by atoms with E-state index in [2.05, 4.69) is 38.3 Å². The molecule has 4 N–H and O–H groups in total. The molecule has 1 atom stereocenters. The van der Waals surface area contributed by atoms with Crippen molar-refractivity contribution < 1.29 is 37.1 Å². The van der Waals surface area contributed by atoms with Crippen LogP contribution in [0.2, 0.25) is 0 Å². The number of imidazole rings is 1. The van der Waals surface area contributed by atoms with Gasteiger partial charge in [-0.05, 0) is 42.3 Å². The van der Waals surface area contributed by atoms with E-state index in [4.69, 9.17) is 9.47 Å². The molecule has 2 aliphatic heterocycles. The van der Waals surface area contributed by atoms with Gasteiger partial charge in [-0.3, -0.25) is 14.0 Å². The van der Waals surface area contributed by atoms with Crippen LogP contribution in [0, 0.1) is 23.5 Å². The highest BCUT2D eigenvalue weighted by molar-refractivity contribution is 5.97. The number of rotatable bonds is 13. The Morgan fingerprint density at radius 1 is 1.08 bits per heavy atom. The molecule has 2 saturated heterocycles. The normalized spacial score (nSPS) is 19.4. The predicted molar refractivity (Wildman–Crippen MR) is 190 cm³/mol. The van der Waals surface area contributed by atoms with E-state index >= 15 is 0 Å². The lowest BCUT2D eigenvalue weighted by Crippen LogP contribution is -2.59. The van der Waals surface area contributed by atoms with Crippen molar-refractivity contribution >= 4 is 34.9 Å². The van der Waals surface area contributed by atoms with E-state index in [1.165, 1.54) is 38.7 Å². The topological polar surface area (TPSA) is 148 Å². The fourth-order valence-corrected chi connectivity index (χ4v) is 7.07. The highest BCUT2D eigenvalue weighted by atomic mass is 19.2. The number of benzene rings is 2. The molecule has 0 saturated carbocycles. The van der Waals surface area contributed by atoms with Gasteiger partial charge in [-0.25, -0.2) is 19.2 Å². The number of esters is 1. The smallest absolute Gasteiger partial charge is 0.330 e. The van der Waals surface area contributed by atoms with Gasteiger partial charge in [0, 0.05) is 73.5 Å². The molecule has 2 aromatic heterocycles. The number of nitrogens with one attached hydrogen (secondary N) is 4. The highest BCUT2D eigenvalue weighted by Gasteiger charge is 2.37. The number of ether oxygens (including phenoxy) is 2. The van der Waals surface area contributed by atoms with Crippen molar-refractivity contribution in [2.45, 2.75) is 32.2 Å². The van der Waals surface area contributed by atoms with Crippen LogP contribution < -0.4 is 26.0 Å². The van der Waals surface area contributed by atoms with Gasteiger partial charge >= 0.3 is 5.97 Å². The first-order valence-corrected chi connectivity index (χ1v) is 17.5. The third-order valence-electron chi connectivity index (χ3n) is 10.2. The maximum atomic E-state index is 14.9. The molecule has 0 unspecified atom stereocenters. The van der Waals surface area contributed by atoms with E-state index in [9.17, 15) is 23.2 Å². The first-order valence-electron chi connectivity index (χ1n) is 17.5. The number of likely N-dealkylation sites (tertiary alicyclic amines) is 1. The van der Waals surface area contributed by atoms with Gasteiger partial charge in [-0.15, -0.1) is 0 Å². The number of aryl methyl sites for hydroxylation is 1. The molecule has 276 valence electrons. The van der Waals surface area contributed by atoms with Gasteiger partial charge in [0.25, 0.3) is 5.91 Å². The number of piperidine rings is 1. The van der Waals surface area contributed by atoms with Crippen LogP contribution in [-0.2, 0) is 20.7 Å². The van der Waals surface area contributed by atoms with Crippen molar-refractivity contribution in [3.63, 3.8) is 0 Å². The molecule has 4 aromatic rings. The molecule has 4 heterocycles. The second kappa shape index (κ2) is 15.6. The number of aromatic nitrogens is 3. The minimum absolute atomic E-state index is 0.00836. The van der Waals surface area contributed by atoms with E-state index in [-0.39, 0.29) is 29.7 Å². The Morgan fingerprint density at radius 3 is 2.52 bits per heavy atom. The summed E-state index contributed by atoms with van der Waals surface area (Å²) in [5, 5.41) is 12.2. The molecule has 2 fully saturated rings. The van der Waals surface area contributed by atoms with Gasteiger partial charge in [0.05, 0.1) is 52.8 Å². The summed E-state index contributed by atoms with van der Waals surface area (Å²) < 4.78 is 41.8. The van der Waals surface area contributed by atoms with Crippen LogP contribution in [0.1, 0.15) is 35.7 Å². The van der Waals surface area contributed by atoms with Gasteiger partial charge in [-0.2, -0.15) is 4.39 Å². The number of nitrogens with zero attached hydrogens (tertiary/aromatic N) is 4. The van der Waals surface area contributed by atoms with E-state index in [0.29, 0.717) is 46.3 Å².